The number of rotatable bonds is 10. The number of benzene rings is 2. The van der Waals surface area contributed by atoms with Crippen molar-refractivity contribution >= 4 is 5.91 Å². The lowest BCUT2D eigenvalue weighted by Crippen LogP contribution is -2.40. The van der Waals surface area contributed by atoms with E-state index in [9.17, 15) is 4.79 Å². The van der Waals surface area contributed by atoms with Crippen molar-refractivity contribution in [1.82, 2.24) is 10.2 Å². The van der Waals surface area contributed by atoms with Gasteiger partial charge >= 0.3 is 0 Å². The van der Waals surface area contributed by atoms with Crippen LogP contribution in [0.2, 0.25) is 0 Å². The first-order valence-electron chi connectivity index (χ1n) is 11.1. The average molecular weight is 411 g/mol. The minimum atomic E-state index is -0.0635. The molecule has 0 bridgehead atoms. The number of hydrogen-bond acceptors (Lipinski definition) is 4. The SMILES string of the molecule is CCCCOc1cccc(C(=O)NCC(c2ccc(OC)cc2)N2CCCCC2)c1. The predicted octanol–water partition coefficient (Wildman–Crippen LogP) is 4.83. The van der Waals surface area contributed by atoms with Crippen LogP contribution < -0.4 is 14.8 Å². The van der Waals surface area contributed by atoms with Crippen molar-refractivity contribution in [3.8, 4) is 11.5 Å². The maximum absolute atomic E-state index is 12.8. The lowest BCUT2D eigenvalue weighted by Gasteiger charge is -2.35. The molecule has 2 aromatic rings. The molecule has 1 fully saturated rings. The highest BCUT2D eigenvalue weighted by molar-refractivity contribution is 5.94. The van der Waals surface area contributed by atoms with Gasteiger partial charge in [0.1, 0.15) is 11.5 Å². The third-order valence-electron chi connectivity index (χ3n) is 5.65. The minimum Gasteiger partial charge on any atom is -0.497 e. The zero-order chi connectivity index (χ0) is 21.2. The standard InChI is InChI=1S/C25H34N2O3/c1-3-4-17-30-23-10-8-9-21(18-23)25(28)26-19-24(27-15-6-5-7-16-27)20-11-13-22(29-2)14-12-20/h8-14,18,24H,3-7,15-17,19H2,1-2H3,(H,26,28). The van der Waals surface area contributed by atoms with Gasteiger partial charge in [-0.1, -0.05) is 38.0 Å². The van der Waals surface area contributed by atoms with Crippen molar-refractivity contribution in [1.29, 1.82) is 0 Å². The number of carbonyl (C=O) groups is 1. The van der Waals surface area contributed by atoms with Crippen LogP contribution in [0.3, 0.4) is 0 Å². The van der Waals surface area contributed by atoms with E-state index in [-0.39, 0.29) is 11.9 Å². The first-order chi connectivity index (χ1) is 14.7. The summed E-state index contributed by atoms with van der Waals surface area (Å²) in [6.07, 6.45) is 5.79. The molecule has 1 atom stereocenters. The number of methoxy groups -OCH3 is 1. The van der Waals surface area contributed by atoms with Gasteiger partial charge in [0.25, 0.3) is 5.91 Å². The molecule has 1 amide bonds. The average Bonchev–Trinajstić information content (AvgIpc) is 2.80. The number of amides is 1. The van der Waals surface area contributed by atoms with Crippen LogP contribution >= 0.6 is 0 Å². The van der Waals surface area contributed by atoms with Crippen LogP contribution in [-0.2, 0) is 0 Å². The molecule has 2 aromatic carbocycles. The summed E-state index contributed by atoms with van der Waals surface area (Å²) in [4.78, 5) is 15.3. The van der Waals surface area contributed by atoms with Crippen molar-refractivity contribution < 1.29 is 14.3 Å². The number of hydrogen-bond donors (Lipinski definition) is 1. The summed E-state index contributed by atoms with van der Waals surface area (Å²) in [5.41, 5.74) is 1.84. The number of nitrogens with one attached hydrogen (secondary N) is 1. The lowest BCUT2D eigenvalue weighted by molar-refractivity contribution is 0.0924. The molecule has 0 spiro atoms. The first-order valence-corrected chi connectivity index (χ1v) is 11.1. The lowest BCUT2D eigenvalue weighted by atomic mass is 10.0. The summed E-state index contributed by atoms with van der Waals surface area (Å²) in [6.45, 7) is 5.51. The third kappa shape index (κ3) is 6.23. The van der Waals surface area contributed by atoms with Gasteiger partial charge in [0.15, 0.2) is 0 Å². The monoisotopic (exact) mass is 410 g/mol. The van der Waals surface area contributed by atoms with E-state index in [1.165, 1.54) is 24.8 Å². The molecule has 1 N–H and O–H groups in total. The highest BCUT2D eigenvalue weighted by Gasteiger charge is 2.23. The Labute approximate surface area is 180 Å². The second kappa shape index (κ2) is 11.6. The Bertz CT molecular complexity index is 785. The first kappa shape index (κ1) is 22.2. The second-order valence-electron chi connectivity index (χ2n) is 7.83. The molecular weight excluding hydrogens is 376 g/mol. The molecule has 1 heterocycles. The van der Waals surface area contributed by atoms with E-state index in [0.29, 0.717) is 18.7 Å². The quantitative estimate of drug-likeness (QED) is 0.570. The maximum Gasteiger partial charge on any atom is 0.251 e. The maximum atomic E-state index is 12.8. The fourth-order valence-corrected chi connectivity index (χ4v) is 3.87. The highest BCUT2D eigenvalue weighted by atomic mass is 16.5. The molecule has 30 heavy (non-hydrogen) atoms. The van der Waals surface area contributed by atoms with Crippen LogP contribution in [0.15, 0.2) is 48.5 Å². The summed E-state index contributed by atoms with van der Waals surface area (Å²) in [5, 5.41) is 3.15. The van der Waals surface area contributed by atoms with Crippen LogP contribution in [-0.4, -0.2) is 44.2 Å². The number of piperidine rings is 1. The Morgan fingerprint density at radius 3 is 2.53 bits per heavy atom. The van der Waals surface area contributed by atoms with Gasteiger partial charge in [-0.05, 0) is 68.2 Å². The van der Waals surface area contributed by atoms with Gasteiger partial charge in [0, 0.05) is 12.1 Å². The summed E-state index contributed by atoms with van der Waals surface area (Å²) in [5.74, 6) is 1.53. The number of likely N-dealkylation sites (tertiary alicyclic amines) is 1. The summed E-state index contributed by atoms with van der Waals surface area (Å²) < 4.78 is 11.1. The molecular formula is C25H34N2O3. The molecule has 3 rings (SSSR count). The van der Waals surface area contributed by atoms with Crippen LogP contribution in [0.25, 0.3) is 0 Å². The Kier molecular flexibility index (Phi) is 8.57. The zero-order valence-electron chi connectivity index (χ0n) is 18.2. The van der Waals surface area contributed by atoms with E-state index in [1.807, 2.05) is 36.4 Å². The molecule has 162 valence electrons. The van der Waals surface area contributed by atoms with Crippen molar-refractivity contribution in [2.24, 2.45) is 0 Å². The fraction of sp³-hybridized carbons (Fsp3) is 0.480. The Morgan fingerprint density at radius 2 is 1.83 bits per heavy atom. The van der Waals surface area contributed by atoms with E-state index < -0.39 is 0 Å². The van der Waals surface area contributed by atoms with Gasteiger partial charge in [0.05, 0.1) is 19.8 Å². The van der Waals surface area contributed by atoms with Crippen molar-refractivity contribution in [3.63, 3.8) is 0 Å². The summed E-state index contributed by atoms with van der Waals surface area (Å²) in [7, 11) is 1.68. The zero-order valence-corrected chi connectivity index (χ0v) is 18.2. The van der Waals surface area contributed by atoms with Crippen molar-refractivity contribution in [2.45, 2.75) is 45.1 Å². The molecule has 1 aliphatic heterocycles. The van der Waals surface area contributed by atoms with E-state index in [2.05, 4.69) is 29.3 Å². The number of carbonyl (C=O) groups excluding carboxylic acids is 1. The van der Waals surface area contributed by atoms with E-state index in [1.54, 1.807) is 7.11 Å². The topological polar surface area (TPSA) is 50.8 Å². The number of unbranched alkanes of at least 4 members (excludes halogenated alkanes) is 1. The smallest absolute Gasteiger partial charge is 0.251 e. The highest BCUT2D eigenvalue weighted by Crippen LogP contribution is 2.26. The van der Waals surface area contributed by atoms with Crippen LogP contribution in [0, 0.1) is 0 Å². The number of ether oxygens (including phenoxy) is 2. The van der Waals surface area contributed by atoms with Gasteiger partial charge in [-0.25, -0.2) is 0 Å². The minimum absolute atomic E-state index is 0.0635. The summed E-state index contributed by atoms with van der Waals surface area (Å²) >= 11 is 0. The van der Waals surface area contributed by atoms with Gasteiger partial charge in [-0.3, -0.25) is 9.69 Å². The Balaban J connectivity index is 1.67. The number of nitrogens with zero attached hydrogens (tertiary/aromatic N) is 1. The van der Waals surface area contributed by atoms with Crippen molar-refractivity contribution in [3.05, 3.63) is 59.7 Å². The Hall–Kier alpha value is -2.53. The fourth-order valence-electron chi connectivity index (χ4n) is 3.87. The molecule has 1 saturated heterocycles. The molecule has 1 unspecified atom stereocenters. The Morgan fingerprint density at radius 1 is 1.07 bits per heavy atom. The van der Waals surface area contributed by atoms with Gasteiger partial charge in [-0.2, -0.15) is 0 Å². The third-order valence-corrected chi connectivity index (χ3v) is 5.65. The molecule has 1 aliphatic rings. The molecule has 0 saturated carbocycles. The normalized spacial score (nSPS) is 15.4. The van der Waals surface area contributed by atoms with Crippen LogP contribution in [0.4, 0.5) is 0 Å². The van der Waals surface area contributed by atoms with Gasteiger partial charge in [-0.15, -0.1) is 0 Å². The van der Waals surface area contributed by atoms with Gasteiger partial charge < -0.3 is 14.8 Å². The van der Waals surface area contributed by atoms with Crippen LogP contribution in [0.1, 0.15) is 61.0 Å². The molecule has 5 heteroatoms. The predicted molar refractivity (Wildman–Crippen MR) is 120 cm³/mol. The summed E-state index contributed by atoms with van der Waals surface area (Å²) in [6, 6.07) is 15.8. The van der Waals surface area contributed by atoms with E-state index >= 15 is 0 Å². The second-order valence-corrected chi connectivity index (χ2v) is 7.83. The molecule has 0 radical (unpaired) electrons. The molecule has 0 aliphatic carbocycles. The van der Waals surface area contributed by atoms with E-state index in [4.69, 9.17) is 9.47 Å². The molecule has 0 aromatic heterocycles. The van der Waals surface area contributed by atoms with Gasteiger partial charge in [0.2, 0.25) is 0 Å². The van der Waals surface area contributed by atoms with Crippen molar-refractivity contribution in [2.75, 3.05) is 33.4 Å². The molecule has 5 nitrogen and oxygen atoms in total. The largest absolute Gasteiger partial charge is 0.497 e. The van der Waals surface area contributed by atoms with Crippen LogP contribution in [0.5, 0.6) is 11.5 Å². The van der Waals surface area contributed by atoms with E-state index in [0.717, 1.165) is 37.4 Å².